The quantitative estimate of drug-likeness (QED) is 0.424. The predicted molar refractivity (Wildman–Crippen MR) is 110 cm³/mol. The molecule has 0 unspecified atom stereocenters. The van der Waals surface area contributed by atoms with Crippen LogP contribution in [0.4, 0.5) is 0 Å². The second-order valence-electron chi connectivity index (χ2n) is 6.20. The van der Waals surface area contributed by atoms with Gasteiger partial charge in [-0.25, -0.2) is 15.0 Å². The smallest absolute Gasteiger partial charge is 0.169 e. The van der Waals surface area contributed by atoms with Crippen LogP contribution in [0.3, 0.4) is 0 Å². The summed E-state index contributed by atoms with van der Waals surface area (Å²) in [6.07, 6.45) is 8.76. The highest BCUT2D eigenvalue weighted by Crippen LogP contribution is 2.27. The Morgan fingerprint density at radius 3 is 2.78 bits per heavy atom. The number of hydrogen-bond donors (Lipinski definition) is 0. The highest BCUT2D eigenvalue weighted by atomic mass is 32.1. The van der Waals surface area contributed by atoms with Crippen molar-refractivity contribution in [3.8, 4) is 21.3 Å². The fourth-order valence-corrected chi connectivity index (χ4v) is 4.73. The van der Waals surface area contributed by atoms with Gasteiger partial charge in [-0.05, 0) is 30.0 Å². The van der Waals surface area contributed by atoms with Crippen LogP contribution in [0.25, 0.3) is 26.9 Å². The van der Waals surface area contributed by atoms with Gasteiger partial charge in [0.1, 0.15) is 5.65 Å². The maximum atomic E-state index is 4.90. The minimum Gasteiger partial charge on any atom is -0.323 e. The molecule has 5 heterocycles. The highest BCUT2D eigenvalue weighted by Gasteiger charge is 2.15. The monoisotopic (exact) mass is 391 g/mol. The molecule has 5 aromatic rings. The Balaban J connectivity index is 1.57. The van der Waals surface area contributed by atoms with Crippen molar-refractivity contribution in [1.82, 2.24) is 23.9 Å². The molecule has 0 saturated carbocycles. The molecule has 5 rings (SSSR count). The predicted octanol–water partition coefficient (Wildman–Crippen LogP) is 4.99. The summed E-state index contributed by atoms with van der Waals surface area (Å²) in [5, 5.41) is 5.02. The van der Waals surface area contributed by atoms with E-state index in [0.29, 0.717) is 6.54 Å². The van der Waals surface area contributed by atoms with Crippen LogP contribution >= 0.6 is 22.7 Å². The number of hydrogen-bond acceptors (Lipinski definition) is 5. The van der Waals surface area contributed by atoms with Gasteiger partial charge in [0.15, 0.2) is 10.8 Å². The van der Waals surface area contributed by atoms with Gasteiger partial charge in [-0.2, -0.15) is 0 Å². The molecule has 0 N–H and O–H groups in total. The van der Waals surface area contributed by atoms with E-state index in [0.717, 1.165) is 28.6 Å². The van der Waals surface area contributed by atoms with Crippen molar-refractivity contribution < 1.29 is 0 Å². The molecule has 0 aromatic carbocycles. The van der Waals surface area contributed by atoms with Gasteiger partial charge in [-0.15, -0.1) is 22.7 Å². The van der Waals surface area contributed by atoms with E-state index >= 15 is 0 Å². The van der Waals surface area contributed by atoms with E-state index in [2.05, 4.69) is 61.7 Å². The van der Waals surface area contributed by atoms with Crippen LogP contribution in [0.5, 0.6) is 0 Å². The van der Waals surface area contributed by atoms with Crippen LogP contribution in [0.1, 0.15) is 18.3 Å². The molecule has 0 aliphatic carbocycles. The second-order valence-corrected chi connectivity index (χ2v) is 8.04. The number of fused-ring (bicyclic) bond motifs is 1. The molecular formula is C20H17N5S2. The highest BCUT2D eigenvalue weighted by molar-refractivity contribution is 7.13. The number of aromatic nitrogens is 5. The van der Waals surface area contributed by atoms with Crippen molar-refractivity contribution in [3.05, 3.63) is 71.2 Å². The Hall–Kier alpha value is -2.77. The topological polar surface area (TPSA) is 48.0 Å². The normalized spacial score (nSPS) is 11.4. The van der Waals surface area contributed by atoms with E-state index in [-0.39, 0.29) is 0 Å². The minimum atomic E-state index is 0.689. The zero-order valence-electron chi connectivity index (χ0n) is 14.7. The molecule has 0 saturated heterocycles. The summed E-state index contributed by atoms with van der Waals surface area (Å²) in [5.74, 6) is 0.892. The van der Waals surface area contributed by atoms with Gasteiger partial charge in [-0.3, -0.25) is 0 Å². The average Bonchev–Trinajstić information content (AvgIpc) is 3.46. The molecule has 0 bridgehead atoms. The Morgan fingerprint density at radius 2 is 2.00 bits per heavy atom. The lowest BCUT2D eigenvalue weighted by Crippen LogP contribution is -2.04. The number of imidazole rings is 2. The lowest BCUT2D eigenvalue weighted by Gasteiger charge is -2.07. The number of nitrogens with zero attached hydrogens (tertiary/aromatic N) is 5. The van der Waals surface area contributed by atoms with Gasteiger partial charge in [0, 0.05) is 46.3 Å². The van der Waals surface area contributed by atoms with E-state index in [9.17, 15) is 0 Å². The third-order valence-electron chi connectivity index (χ3n) is 4.60. The zero-order chi connectivity index (χ0) is 18.2. The lowest BCUT2D eigenvalue weighted by atomic mass is 10.2. The maximum absolute atomic E-state index is 4.90. The summed E-state index contributed by atoms with van der Waals surface area (Å²) in [7, 11) is 0. The number of thiophene rings is 1. The fraction of sp³-hybridized carbons (Fsp3) is 0.150. The molecule has 0 aliphatic heterocycles. The third kappa shape index (κ3) is 2.89. The second kappa shape index (κ2) is 6.75. The summed E-state index contributed by atoms with van der Waals surface area (Å²) < 4.78 is 4.35. The Kier molecular flexibility index (Phi) is 4.10. The van der Waals surface area contributed by atoms with E-state index in [4.69, 9.17) is 4.98 Å². The van der Waals surface area contributed by atoms with Gasteiger partial charge in [0.2, 0.25) is 0 Å². The first kappa shape index (κ1) is 16.4. The molecule has 7 heteroatoms. The van der Waals surface area contributed by atoms with E-state index < -0.39 is 0 Å². The van der Waals surface area contributed by atoms with Crippen molar-refractivity contribution in [2.24, 2.45) is 0 Å². The molecule has 5 aromatic heterocycles. The van der Waals surface area contributed by atoms with E-state index in [1.54, 1.807) is 22.7 Å². The van der Waals surface area contributed by atoms with Crippen molar-refractivity contribution in [2.75, 3.05) is 0 Å². The van der Waals surface area contributed by atoms with Crippen molar-refractivity contribution in [2.45, 2.75) is 19.9 Å². The van der Waals surface area contributed by atoms with Crippen molar-refractivity contribution >= 4 is 28.3 Å². The zero-order valence-corrected chi connectivity index (χ0v) is 16.4. The Bertz CT molecular complexity index is 1180. The van der Waals surface area contributed by atoms with Gasteiger partial charge < -0.3 is 8.97 Å². The van der Waals surface area contributed by atoms with E-state index in [1.807, 2.05) is 24.0 Å². The fourth-order valence-electron chi connectivity index (χ4n) is 3.36. The van der Waals surface area contributed by atoms with Crippen molar-refractivity contribution in [1.29, 1.82) is 0 Å². The number of pyridine rings is 1. The summed E-state index contributed by atoms with van der Waals surface area (Å²) in [6.45, 7) is 2.87. The molecule has 0 amide bonds. The van der Waals surface area contributed by atoms with Crippen LogP contribution in [-0.4, -0.2) is 23.9 Å². The van der Waals surface area contributed by atoms with Gasteiger partial charge >= 0.3 is 0 Å². The van der Waals surface area contributed by atoms with Gasteiger partial charge in [0.05, 0.1) is 12.2 Å². The molecule has 0 aliphatic rings. The summed E-state index contributed by atoms with van der Waals surface area (Å²) >= 11 is 3.36. The molecular weight excluding hydrogens is 374 g/mol. The van der Waals surface area contributed by atoms with Gasteiger partial charge in [0.25, 0.3) is 0 Å². The van der Waals surface area contributed by atoms with Crippen molar-refractivity contribution in [3.63, 3.8) is 0 Å². The SMILES string of the molecule is CCc1c(Cn2ccnc2-c2nccs2)nc2ccc(-c3cccs3)cn12. The third-order valence-corrected chi connectivity index (χ3v) is 6.29. The first-order valence-electron chi connectivity index (χ1n) is 8.78. The standard InChI is InChI=1S/C20H17N5S2/c1-2-16-15(13-24-9-7-21-19(24)20-22-8-11-27-20)23-18-6-5-14(12-25(16)18)17-4-3-10-26-17/h3-12H,2,13H2,1H3. The molecule has 0 spiro atoms. The molecule has 134 valence electrons. The van der Waals surface area contributed by atoms with Crippen LogP contribution in [0.2, 0.25) is 0 Å². The number of thiazole rings is 1. The first-order valence-corrected chi connectivity index (χ1v) is 10.5. The van der Waals surface area contributed by atoms with Crippen LogP contribution < -0.4 is 0 Å². The Morgan fingerprint density at radius 1 is 1.04 bits per heavy atom. The first-order chi connectivity index (χ1) is 13.3. The number of rotatable bonds is 5. The minimum absolute atomic E-state index is 0.689. The van der Waals surface area contributed by atoms with Gasteiger partial charge in [-0.1, -0.05) is 13.0 Å². The molecule has 0 atom stereocenters. The maximum Gasteiger partial charge on any atom is 0.169 e. The molecule has 27 heavy (non-hydrogen) atoms. The van der Waals surface area contributed by atoms with Crippen LogP contribution in [0.15, 0.2) is 59.8 Å². The lowest BCUT2D eigenvalue weighted by molar-refractivity contribution is 0.772. The Labute approximate surface area is 164 Å². The number of aryl methyl sites for hydroxylation is 1. The summed E-state index contributed by atoms with van der Waals surface area (Å²) in [4.78, 5) is 15.1. The average molecular weight is 392 g/mol. The molecule has 0 fully saturated rings. The van der Waals surface area contributed by atoms with Crippen LogP contribution in [0, 0.1) is 0 Å². The largest absolute Gasteiger partial charge is 0.323 e. The molecule has 5 nitrogen and oxygen atoms in total. The van der Waals surface area contributed by atoms with E-state index in [1.165, 1.54) is 16.1 Å². The molecule has 0 radical (unpaired) electrons. The summed E-state index contributed by atoms with van der Waals surface area (Å²) in [6, 6.07) is 8.49. The summed E-state index contributed by atoms with van der Waals surface area (Å²) in [5.41, 5.74) is 4.53. The van der Waals surface area contributed by atoms with Crippen LogP contribution in [-0.2, 0) is 13.0 Å².